The van der Waals surface area contributed by atoms with Crippen LogP contribution < -0.4 is 4.80 Å². The maximum atomic E-state index is 13.3. The Bertz CT molecular complexity index is 1190. The largest absolute Gasteiger partial charge is 0.312 e. The predicted molar refractivity (Wildman–Crippen MR) is 99.4 cm³/mol. The molecule has 1 amide bonds. The lowest BCUT2D eigenvalue weighted by Crippen LogP contribution is -2.16. The maximum absolute atomic E-state index is 13.3. The summed E-state index contributed by atoms with van der Waals surface area (Å²) in [6.45, 7) is 4.10. The second-order valence-electron chi connectivity index (χ2n) is 5.61. The number of aromatic nitrogens is 1. The van der Waals surface area contributed by atoms with E-state index in [2.05, 4.69) is 11.6 Å². The number of hydrogen-bond donors (Lipinski definition) is 0. The first-order valence-electron chi connectivity index (χ1n) is 7.58. The Kier molecular flexibility index (Phi) is 4.88. The molecule has 1 aromatic heterocycles. The molecule has 0 saturated carbocycles. The van der Waals surface area contributed by atoms with Crippen LogP contribution in [0.15, 0.2) is 65.0 Å². The lowest BCUT2D eigenvalue weighted by molar-refractivity contribution is 0.0997. The number of rotatable bonds is 4. The van der Waals surface area contributed by atoms with Crippen LogP contribution in [-0.2, 0) is 16.4 Å². The van der Waals surface area contributed by atoms with Gasteiger partial charge in [-0.3, -0.25) is 4.79 Å². The first-order valence-corrected chi connectivity index (χ1v) is 10.3. The first-order chi connectivity index (χ1) is 12.3. The van der Waals surface area contributed by atoms with E-state index in [9.17, 15) is 17.6 Å². The number of hydrogen-bond acceptors (Lipinski definition) is 4. The summed E-state index contributed by atoms with van der Waals surface area (Å²) in [5, 5.41) is 0. The van der Waals surface area contributed by atoms with Crippen LogP contribution >= 0.6 is 11.3 Å². The van der Waals surface area contributed by atoms with E-state index in [1.165, 1.54) is 35.6 Å². The highest BCUT2D eigenvalue weighted by Crippen LogP contribution is 2.22. The Labute approximate surface area is 153 Å². The molecule has 0 spiro atoms. The van der Waals surface area contributed by atoms with Gasteiger partial charge in [-0.1, -0.05) is 23.5 Å². The van der Waals surface area contributed by atoms with Gasteiger partial charge >= 0.3 is 0 Å². The molecule has 0 atom stereocenters. The number of sulfone groups is 1. The number of carbonyl (C=O) groups is 1. The minimum atomic E-state index is -3.34. The summed E-state index contributed by atoms with van der Waals surface area (Å²) in [6.07, 6.45) is 2.79. The average Bonchev–Trinajstić information content (AvgIpc) is 2.91. The standard InChI is InChI=1S/C18H15FN2O3S2/c1-3-9-21-15-8-7-14(26(2,23)24)11-16(15)25-18(21)20-17(22)12-5-4-6-13(19)10-12/h3-8,10-11H,1,9H2,2H3. The Balaban J connectivity index is 2.19. The molecule has 1 heterocycles. The predicted octanol–water partition coefficient (Wildman–Crippen LogP) is 3.17. The van der Waals surface area contributed by atoms with Crippen molar-refractivity contribution in [2.24, 2.45) is 4.99 Å². The molecule has 3 rings (SSSR count). The number of amides is 1. The van der Waals surface area contributed by atoms with Crippen molar-refractivity contribution in [2.75, 3.05) is 6.26 Å². The highest BCUT2D eigenvalue weighted by atomic mass is 32.2. The fraction of sp³-hybridized carbons (Fsp3) is 0.111. The van der Waals surface area contributed by atoms with Crippen molar-refractivity contribution in [3.05, 3.63) is 71.3 Å². The van der Waals surface area contributed by atoms with Gasteiger partial charge in [0.05, 0.1) is 15.1 Å². The molecule has 0 aliphatic heterocycles. The fourth-order valence-corrected chi connectivity index (χ4v) is 4.25. The van der Waals surface area contributed by atoms with Gasteiger partial charge in [0, 0.05) is 18.4 Å². The van der Waals surface area contributed by atoms with E-state index in [-0.39, 0.29) is 10.5 Å². The summed E-state index contributed by atoms with van der Waals surface area (Å²) < 4.78 is 39.3. The van der Waals surface area contributed by atoms with Crippen molar-refractivity contribution in [1.29, 1.82) is 0 Å². The summed E-state index contributed by atoms with van der Waals surface area (Å²) in [7, 11) is -3.34. The van der Waals surface area contributed by atoms with Gasteiger partial charge in [0.25, 0.3) is 5.91 Å². The van der Waals surface area contributed by atoms with Gasteiger partial charge in [-0.2, -0.15) is 4.99 Å². The monoisotopic (exact) mass is 390 g/mol. The molecule has 0 unspecified atom stereocenters. The van der Waals surface area contributed by atoms with E-state index in [1.807, 2.05) is 0 Å². The highest BCUT2D eigenvalue weighted by molar-refractivity contribution is 7.90. The Morgan fingerprint density at radius 1 is 1.31 bits per heavy atom. The second-order valence-corrected chi connectivity index (χ2v) is 8.64. The zero-order valence-corrected chi connectivity index (χ0v) is 15.5. The molecule has 26 heavy (non-hydrogen) atoms. The van der Waals surface area contributed by atoms with Crippen molar-refractivity contribution in [1.82, 2.24) is 4.57 Å². The molecule has 3 aromatic rings. The number of carbonyl (C=O) groups excluding carboxylic acids is 1. The summed E-state index contributed by atoms with van der Waals surface area (Å²) in [5.74, 6) is -1.09. The summed E-state index contributed by atoms with van der Waals surface area (Å²) in [5.41, 5.74) is 0.887. The molecular weight excluding hydrogens is 375 g/mol. The first kappa shape index (κ1) is 18.2. The van der Waals surface area contributed by atoms with Crippen LogP contribution in [-0.4, -0.2) is 25.1 Å². The third kappa shape index (κ3) is 3.66. The van der Waals surface area contributed by atoms with E-state index in [0.717, 1.165) is 17.8 Å². The van der Waals surface area contributed by atoms with Crippen LogP contribution in [0.3, 0.4) is 0 Å². The van der Waals surface area contributed by atoms with Gasteiger partial charge in [0.1, 0.15) is 5.82 Å². The second kappa shape index (κ2) is 6.97. The number of benzene rings is 2. The minimum Gasteiger partial charge on any atom is -0.312 e. The number of allylic oxidation sites excluding steroid dienone is 1. The van der Waals surface area contributed by atoms with Gasteiger partial charge in [-0.15, -0.1) is 6.58 Å². The molecule has 0 saturated heterocycles. The smallest absolute Gasteiger partial charge is 0.279 e. The van der Waals surface area contributed by atoms with E-state index < -0.39 is 21.6 Å². The Morgan fingerprint density at radius 2 is 2.08 bits per heavy atom. The quantitative estimate of drug-likeness (QED) is 0.643. The average molecular weight is 390 g/mol. The molecule has 134 valence electrons. The number of halogens is 1. The van der Waals surface area contributed by atoms with Gasteiger partial charge in [0.2, 0.25) is 0 Å². The highest BCUT2D eigenvalue weighted by Gasteiger charge is 2.13. The topological polar surface area (TPSA) is 68.5 Å². The van der Waals surface area contributed by atoms with Crippen LogP contribution in [0, 0.1) is 5.82 Å². The molecule has 0 radical (unpaired) electrons. The van der Waals surface area contributed by atoms with Crippen LogP contribution in [0.4, 0.5) is 4.39 Å². The Hall–Kier alpha value is -2.58. The summed E-state index contributed by atoms with van der Waals surface area (Å²) in [6, 6.07) is 10.1. The SMILES string of the molecule is C=CCn1c(=NC(=O)c2cccc(F)c2)sc2cc(S(C)(=O)=O)ccc21. The minimum absolute atomic E-state index is 0.143. The molecule has 8 heteroatoms. The fourth-order valence-electron chi connectivity index (χ4n) is 2.45. The van der Waals surface area contributed by atoms with Gasteiger partial charge in [0.15, 0.2) is 14.6 Å². The molecule has 0 aliphatic rings. The zero-order valence-electron chi connectivity index (χ0n) is 13.8. The van der Waals surface area contributed by atoms with Gasteiger partial charge < -0.3 is 4.57 Å². The molecule has 5 nitrogen and oxygen atoms in total. The third-order valence-corrected chi connectivity index (χ3v) is 5.81. The van der Waals surface area contributed by atoms with E-state index in [4.69, 9.17) is 0 Å². The van der Waals surface area contributed by atoms with E-state index >= 15 is 0 Å². The van der Waals surface area contributed by atoms with Crippen molar-refractivity contribution >= 4 is 37.3 Å². The Morgan fingerprint density at radius 3 is 2.73 bits per heavy atom. The normalized spacial score (nSPS) is 12.5. The van der Waals surface area contributed by atoms with Crippen LogP contribution in [0.5, 0.6) is 0 Å². The van der Waals surface area contributed by atoms with Crippen molar-refractivity contribution in [3.8, 4) is 0 Å². The molecule has 2 aromatic carbocycles. The van der Waals surface area contributed by atoms with Crippen molar-refractivity contribution in [2.45, 2.75) is 11.4 Å². The summed E-state index contributed by atoms with van der Waals surface area (Å²) in [4.78, 5) is 17.0. The molecule has 0 fully saturated rings. The lowest BCUT2D eigenvalue weighted by Gasteiger charge is -2.02. The van der Waals surface area contributed by atoms with Crippen molar-refractivity contribution < 1.29 is 17.6 Å². The number of fused-ring (bicyclic) bond motifs is 1. The van der Waals surface area contributed by atoms with Gasteiger partial charge in [-0.05, 0) is 36.4 Å². The molecule has 0 N–H and O–H groups in total. The van der Waals surface area contributed by atoms with Crippen LogP contribution in [0.25, 0.3) is 10.2 Å². The van der Waals surface area contributed by atoms with Crippen LogP contribution in [0.1, 0.15) is 10.4 Å². The number of thiazole rings is 1. The number of nitrogens with zero attached hydrogens (tertiary/aromatic N) is 2. The van der Waals surface area contributed by atoms with E-state index in [1.54, 1.807) is 22.8 Å². The molecular formula is C18H15FN2O3S2. The maximum Gasteiger partial charge on any atom is 0.279 e. The molecule has 0 aliphatic carbocycles. The lowest BCUT2D eigenvalue weighted by atomic mass is 10.2. The van der Waals surface area contributed by atoms with Crippen LogP contribution in [0.2, 0.25) is 0 Å². The zero-order chi connectivity index (χ0) is 18.9. The van der Waals surface area contributed by atoms with Crippen molar-refractivity contribution in [3.63, 3.8) is 0 Å². The summed E-state index contributed by atoms with van der Waals surface area (Å²) >= 11 is 1.19. The van der Waals surface area contributed by atoms with Gasteiger partial charge in [-0.25, -0.2) is 12.8 Å². The molecule has 0 bridgehead atoms. The third-order valence-electron chi connectivity index (χ3n) is 3.66. The van der Waals surface area contributed by atoms with E-state index in [0.29, 0.717) is 16.0 Å².